The first-order chi connectivity index (χ1) is 25.8. The Balaban J connectivity index is 1.15. The fourth-order valence-electron chi connectivity index (χ4n) is 7.95. The summed E-state index contributed by atoms with van der Waals surface area (Å²) in [5, 5.41) is 12.6. The van der Waals surface area contributed by atoms with E-state index in [0.29, 0.717) is 5.84 Å². The molecule has 52 heavy (non-hydrogen) atoms. The second-order valence-corrected chi connectivity index (χ2v) is 13.3. The lowest BCUT2D eigenvalue weighted by Gasteiger charge is -2.24. The maximum Gasteiger partial charge on any atom is 0.160 e. The summed E-state index contributed by atoms with van der Waals surface area (Å²) < 4.78 is 12.8. The second kappa shape index (κ2) is 11.3. The third-order valence-corrected chi connectivity index (χ3v) is 10.3. The van der Waals surface area contributed by atoms with Gasteiger partial charge < -0.3 is 14.2 Å². The lowest BCUT2D eigenvalue weighted by molar-refractivity contribution is 0.668. The zero-order chi connectivity index (χ0) is 34.2. The van der Waals surface area contributed by atoms with Crippen molar-refractivity contribution < 1.29 is 8.83 Å². The number of amidine groups is 2. The highest BCUT2D eigenvalue weighted by molar-refractivity contribution is 6.26. The lowest BCUT2D eigenvalue weighted by atomic mass is 9.95. The number of aliphatic imine (C=N–C) groups is 2. The van der Waals surface area contributed by atoms with Crippen LogP contribution < -0.4 is 5.32 Å². The van der Waals surface area contributed by atoms with Crippen LogP contribution >= 0.6 is 0 Å². The summed E-state index contributed by atoms with van der Waals surface area (Å²) in [6.45, 7) is 0. The topological polar surface area (TPSA) is 63.0 Å². The molecule has 0 bridgehead atoms. The second-order valence-electron chi connectivity index (χ2n) is 13.3. The van der Waals surface area contributed by atoms with Crippen LogP contribution in [0.2, 0.25) is 0 Å². The molecular weight excluding hydrogens is 639 g/mol. The number of nitrogens with one attached hydrogen (secondary N) is 1. The average molecular weight is 668 g/mol. The number of furan rings is 2. The van der Waals surface area contributed by atoms with Crippen molar-refractivity contribution in [1.82, 2.24) is 5.32 Å². The molecule has 0 spiro atoms. The molecule has 0 amide bonds. The number of hydrogen-bond acceptors (Lipinski definition) is 5. The Hall–Kier alpha value is -6.98. The van der Waals surface area contributed by atoms with Gasteiger partial charge in [0.2, 0.25) is 0 Å². The SMILES string of the molecule is c1ccc(C2N=C(c3cc4ccccc4c4ccccc34)N=C(c3cccc4oc5cccc(-c6ccc7oc8ccccc8c7c6)c5c34)N2)cc1. The van der Waals surface area contributed by atoms with Crippen LogP contribution in [0.15, 0.2) is 183 Å². The molecule has 1 atom stereocenters. The molecule has 5 heteroatoms. The van der Waals surface area contributed by atoms with Crippen LogP contribution in [-0.2, 0) is 0 Å². The van der Waals surface area contributed by atoms with Gasteiger partial charge >= 0.3 is 0 Å². The van der Waals surface area contributed by atoms with Crippen LogP contribution in [-0.4, -0.2) is 11.7 Å². The third-order valence-electron chi connectivity index (χ3n) is 10.3. The Kier molecular flexibility index (Phi) is 6.25. The smallest absolute Gasteiger partial charge is 0.160 e. The molecule has 0 saturated carbocycles. The Bertz CT molecular complexity index is 3110. The summed E-state index contributed by atoms with van der Waals surface area (Å²) in [6, 6.07) is 56.8. The molecule has 1 aliphatic heterocycles. The van der Waals surface area contributed by atoms with Crippen molar-refractivity contribution in [3.63, 3.8) is 0 Å². The number of benzene rings is 8. The molecule has 0 saturated heterocycles. The number of para-hydroxylation sites is 1. The molecule has 0 radical (unpaired) electrons. The van der Waals surface area contributed by atoms with Gasteiger partial charge in [0.05, 0.1) is 0 Å². The van der Waals surface area contributed by atoms with E-state index in [-0.39, 0.29) is 6.17 Å². The molecule has 2 aromatic heterocycles. The first-order valence-corrected chi connectivity index (χ1v) is 17.5. The van der Waals surface area contributed by atoms with Crippen LogP contribution in [0.25, 0.3) is 76.5 Å². The molecule has 11 rings (SSSR count). The van der Waals surface area contributed by atoms with Gasteiger partial charge in [-0.15, -0.1) is 0 Å². The lowest BCUT2D eigenvalue weighted by Crippen LogP contribution is -2.33. The van der Waals surface area contributed by atoms with Crippen molar-refractivity contribution in [3.05, 3.63) is 180 Å². The highest BCUT2D eigenvalue weighted by Crippen LogP contribution is 2.41. The summed E-state index contributed by atoms with van der Waals surface area (Å²) in [5.41, 5.74) is 8.57. The van der Waals surface area contributed by atoms with Crippen molar-refractivity contribution in [2.45, 2.75) is 6.17 Å². The average Bonchev–Trinajstić information content (AvgIpc) is 3.79. The van der Waals surface area contributed by atoms with Crippen molar-refractivity contribution in [3.8, 4) is 11.1 Å². The van der Waals surface area contributed by atoms with Crippen LogP contribution in [0.5, 0.6) is 0 Å². The van der Waals surface area contributed by atoms with Crippen molar-refractivity contribution in [1.29, 1.82) is 0 Å². The first kappa shape index (κ1) is 28.8. The van der Waals surface area contributed by atoms with Gasteiger partial charge in [0.25, 0.3) is 0 Å². The maximum absolute atomic E-state index is 6.59. The Morgan fingerprint density at radius 1 is 0.442 bits per heavy atom. The van der Waals surface area contributed by atoms with E-state index in [0.717, 1.165) is 88.3 Å². The van der Waals surface area contributed by atoms with E-state index in [2.05, 4.69) is 133 Å². The number of hydrogen-bond donors (Lipinski definition) is 1. The number of fused-ring (bicyclic) bond motifs is 9. The van der Waals surface area contributed by atoms with E-state index in [9.17, 15) is 0 Å². The van der Waals surface area contributed by atoms with Gasteiger partial charge in [-0.1, -0.05) is 127 Å². The summed E-state index contributed by atoms with van der Waals surface area (Å²) in [7, 11) is 0. The van der Waals surface area contributed by atoms with E-state index in [4.69, 9.17) is 18.8 Å². The Morgan fingerprint density at radius 2 is 1.08 bits per heavy atom. The van der Waals surface area contributed by atoms with Gasteiger partial charge in [0.15, 0.2) is 5.84 Å². The predicted molar refractivity (Wildman–Crippen MR) is 213 cm³/mol. The number of nitrogens with zero attached hydrogens (tertiary/aromatic N) is 2. The van der Waals surface area contributed by atoms with Crippen LogP contribution in [0.1, 0.15) is 22.9 Å². The molecule has 244 valence electrons. The highest BCUT2D eigenvalue weighted by Gasteiger charge is 2.26. The molecule has 5 nitrogen and oxygen atoms in total. The third kappa shape index (κ3) is 4.42. The zero-order valence-electron chi connectivity index (χ0n) is 27.9. The quantitative estimate of drug-likeness (QED) is 0.190. The molecule has 10 aromatic rings. The normalized spacial score (nSPS) is 14.7. The van der Waals surface area contributed by atoms with Gasteiger partial charge in [0, 0.05) is 32.7 Å². The minimum atomic E-state index is -0.349. The van der Waals surface area contributed by atoms with Gasteiger partial charge in [-0.2, -0.15) is 0 Å². The maximum atomic E-state index is 6.59. The standard InChI is InChI=1S/C47H29N3O2/c1-2-12-28(13-3-1)45-48-46(50-47(49-45)38-27-29-14-4-5-15-31(29)33-16-6-7-17-34(33)38)36-20-11-23-42-44(36)43-32(19-10-22-41(43)52-42)30-24-25-40-37(26-30)35-18-8-9-21-39(35)51-40/h1-27,45H,(H,48,49,50). The van der Waals surface area contributed by atoms with Gasteiger partial charge in [-0.3, -0.25) is 0 Å². The van der Waals surface area contributed by atoms with Crippen LogP contribution in [0.4, 0.5) is 0 Å². The first-order valence-electron chi connectivity index (χ1n) is 17.5. The molecule has 1 N–H and O–H groups in total. The molecular formula is C47H29N3O2. The fraction of sp³-hybridized carbons (Fsp3) is 0.0213. The Morgan fingerprint density at radius 3 is 1.92 bits per heavy atom. The summed E-state index contributed by atoms with van der Waals surface area (Å²) in [5.74, 6) is 1.43. The largest absolute Gasteiger partial charge is 0.456 e. The number of rotatable bonds is 4. The molecule has 1 aliphatic rings. The molecule has 0 aliphatic carbocycles. The van der Waals surface area contributed by atoms with Gasteiger partial charge in [0.1, 0.15) is 34.3 Å². The van der Waals surface area contributed by atoms with E-state index in [1.54, 1.807) is 0 Å². The van der Waals surface area contributed by atoms with Gasteiger partial charge in [-0.05, 0) is 74.6 Å². The zero-order valence-corrected chi connectivity index (χ0v) is 27.9. The Labute approximate surface area is 298 Å². The van der Waals surface area contributed by atoms with Crippen molar-refractivity contribution >= 4 is 77.1 Å². The van der Waals surface area contributed by atoms with E-state index < -0.39 is 0 Å². The van der Waals surface area contributed by atoms with E-state index in [1.165, 1.54) is 10.8 Å². The summed E-state index contributed by atoms with van der Waals surface area (Å²) in [6.07, 6.45) is -0.349. The van der Waals surface area contributed by atoms with Crippen molar-refractivity contribution in [2.24, 2.45) is 9.98 Å². The van der Waals surface area contributed by atoms with E-state index in [1.807, 2.05) is 36.4 Å². The van der Waals surface area contributed by atoms with Crippen molar-refractivity contribution in [2.75, 3.05) is 0 Å². The van der Waals surface area contributed by atoms with Crippen LogP contribution in [0, 0.1) is 0 Å². The molecule has 1 unspecified atom stereocenters. The van der Waals surface area contributed by atoms with Gasteiger partial charge in [-0.25, -0.2) is 9.98 Å². The summed E-state index contributed by atoms with van der Waals surface area (Å²) >= 11 is 0. The van der Waals surface area contributed by atoms with Crippen LogP contribution in [0.3, 0.4) is 0 Å². The molecule has 3 heterocycles. The molecule has 8 aromatic carbocycles. The predicted octanol–water partition coefficient (Wildman–Crippen LogP) is 12.0. The monoisotopic (exact) mass is 667 g/mol. The minimum absolute atomic E-state index is 0.349. The highest BCUT2D eigenvalue weighted by atomic mass is 16.3. The summed E-state index contributed by atoms with van der Waals surface area (Å²) in [4.78, 5) is 10.6. The molecule has 0 fully saturated rings. The fourth-order valence-corrected chi connectivity index (χ4v) is 7.95. The minimum Gasteiger partial charge on any atom is -0.456 e. The van der Waals surface area contributed by atoms with E-state index >= 15 is 0 Å².